The molecule has 0 bridgehead atoms. The molecule has 20 heavy (non-hydrogen) atoms. The summed E-state index contributed by atoms with van der Waals surface area (Å²) in [7, 11) is 2.09. The molecule has 1 aromatic carbocycles. The number of hydrogen-bond acceptors (Lipinski definition) is 3. The van der Waals surface area contributed by atoms with E-state index in [0.717, 1.165) is 19.5 Å². The molecule has 1 fully saturated rings. The standard InChI is InChI=1S/C14H19Cl2N3O/c1-3-10-8-19(5-4-18(10)2)14(20)9-6-11(15)13(17)12(16)7-9/h6-7,10H,3-5,8,17H2,1-2H3. The van der Waals surface area contributed by atoms with Gasteiger partial charge in [-0.05, 0) is 25.6 Å². The van der Waals surface area contributed by atoms with Crippen LogP contribution in [0, 0.1) is 0 Å². The van der Waals surface area contributed by atoms with Crippen molar-refractivity contribution in [3.63, 3.8) is 0 Å². The zero-order valence-electron chi connectivity index (χ0n) is 11.7. The van der Waals surface area contributed by atoms with Crippen LogP contribution in [0.3, 0.4) is 0 Å². The first-order valence-electron chi connectivity index (χ1n) is 6.68. The molecule has 4 nitrogen and oxygen atoms in total. The zero-order valence-corrected chi connectivity index (χ0v) is 13.2. The van der Waals surface area contributed by atoms with E-state index in [1.807, 2.05) is 4.90 Å². The summed E-state index contributed by atoms with van der Waals surface area (Å²) in [6.07, 6.45) is 1.02. The third-order valence-corrected chi connectivity index (χ3v) is 4.49. The zero-order chi connectivity index (χ0) is 14.9. The van der Waals surface area contributed by atoms with Crippen LogP contribution in [0.5, 0.6) is 0 Å². The fourth-order valence-electron chi connectivity index (χ4n) is 2.46. The molecule has 0 aromatic heterocycles. The molecule has 1 saturated heterocycles. The first-order valence-corrected chi connectivity index (χ1v) is 7.43. The molecule has 0 saturated carbocycles. The third-order valence-electron chi connectivity index (χ3n) is 3.86. The number of benzene rings is 1. The summed E-state index contributed by atoms with van der Waals surface area (Å²) in [5.74, 6) is -0.0413. The van der Waals surface area contributed by atoms with E-state index >= 15 is 0 Å². The van der Waals surface area contributed by atoms with Crippen LogP contribution in [-0.2, 0) is 0 Å². The van der Waals surface area contributed by atoms with Gasteiger partial charge in [-0.25, -0.2) is 0 Å². The van der Waals surface area contributed by atoms with E-state index in [-0.39, 0.29) is 5.91 Å². The predicted octanol–water partition coefficient (Wildman–Crippen LogP) is 2.74. The van der Waals surface area contributed by atoms with Gasteiger partial charge in [-0.1, -0.05) is 30.1 Å². The largest absolute Gasteiger partial charge is 0.396 e. The molecular formula is C14H19Cl2N3O. The molecule has 1 atom stereocenters. The molecule has 1 aromatic rings. The number of hydrogen-bond donors (Lipinski definition) is 1. The number of likely N-dealkylation sites (N-methyl/N-ethyl adjacent to an activating group) is 1. The normalized spacial score (nSPS) is 20.2. The van der Waals surface area contributed by atoms with Crippen molar-refractivity contribution in [3.05, 3.63) is 27.7 Å². The average molecular weight is 316 g/mol. The van der Waals surface area contributed by atoms with E-state index in [4.69, 9.17) is 28.9 Å². The lowest BCUT2D eigenvalue weighted by Crippen LogP contribution is -2.52. The van der Waals surface area contributed by atoms with Crippen molar-refractivity contribution in [2.45, 2.75) is 19.4 Å². The van der Waals surface area contributed by atoms with Crippen molar-refractivity contribution in [1.29, 1.82) is 0 Å². The smallest absolute Gasteiger partial charge is 0.254 e. The topological polar surface area (TPSA) is 49.6 Å². The van der Waals surface area contributed by atoms with Crippen LogP contribution < -0.4 is 5.73 Å². The number of carbonyl (C=O) groups is 1. The van der Waals surface area contributed by atoms with Gasteiger partial charge in [0.15, 0.2) is 0 Å². The van der Waals surface area contributed by atoms with Crippen molar-refractivity contribution in [3.8, 4) is 0 Å². The van der Waals surface area contributed by atoms with Crippen LogP contribution in [0.1, 0.15) is 23.7 Å². The van der Waals surface area contributed by atoms with Crippen molar-refractivity contribution in [2.75, 3.05) is 32.4 Å². The number of rotatable bonds is 2. The van der Waals surface area contributed by atoms with E-state index in [1.165, 1.54) is 0 Å². The van der Waals surface area contributed by atoms with Gasteiger partial charge in [0.2, 0.25) is 0 Å². The van der Waals surface area contributed by atoms with Crippen molar-refractivity contribution in [1.82, 2.24) is 9.80 Å². The molecule has 0 radical (unpaired) electrons. The van der Waals surface area contributed by atoms with Gasteiger partial charge in [0, 0.05) is 31.2 Å². The maximum atomic E-state index is 12.5. The van der Waals surface area contributed by atoms with Crippen LogP contribution in [-0.4, -0.2) is 48.4 Å². The maximum Gasteiger partial charge on any atom is 0.254 e. The molecule has 1 heterocycles. The summed E-state index contributed by atoms with van der Waals surface area (Å²) in [5, 5.41) is 0.643. The van der Waals surface area contributed by atoms with Gasteiger partial charge in [-0.2, -0.15) is 0 Å². The molecule has 1 unspecified atom stereocenters. The lowest BCUT2D eigenvalue weighted by atomic mass is 10.1. The summed E-state index contributed by atoms with van der Waals surface area (Å²) >= 11 is 12.0. The Morgan fingerprint density at radius 2 is 1.95 bits per heavy atom. The second-order valence-corrected chi connectivity index (χ2v) is 5.96. The maximum absolute atomic E-state index is 12.5. The number of nitrogen functional groups attached to an aromatic ring is 1. The highest BCUT2D eigenvalue weighted by atomic mass is 35.5. The van der Waals surface area contributed by atoms with Crippen LogP contribution in [0.15, 0.2) is 12.1 Å². The van der Waals surface area contributed by atoms with Crippen molar-refractivity contribution >= 4 is 34.8 Å². The van der Waals surface area contributed by atoms with Crippen molar-refractivity contribution in [2.24, 2.45) is 0 Å². The first-order chi connectivity index (χ1) is 9.43. The second-order valence-electron chi connectivity index (χ2n) is 5.15. The lowest BCUT2D eigenvalue weighted by molar-refractivity contribution is 0.0542. The Hall–Kier alpha value is -0.970. The monoisotopic (exact) mass is 315 g/mol. The summed E-state index contributed by atoms with van der Waals surface area (Å²) < 4.78 is 0. The molecule has 110 valence electrons. The van der Waals surface area contributed by atoms with E-state index in [1.54, 1.807) is 12.1 Å². The molecule has 0 spiro atoms. The van der Waals surface area contributed by atoms with Crippen molar-refractivity contribution < 1.29 is 4.79 Å². The molecule has 2 N–H and O–H groups in total. The number of halogens is 2. The Morgan fingerprint density at radius 1 is 1.35 bits per heavy atom. The Morgan fingerprint density at radius 3 is 2.50 bits per heavy atom. The third kappa shape index (κ3) is 3.03. The highest BCUT2D eigenvalue weighted by molar-refractivity contribution is 6.39. The summed E-state index contributed by atoms with van der Waals surface area (Å²) in [6.45, 7) is 4.45. The fourth-order valence-corrected chi connectivity index (χ4v) is 2.95. The molecular weight excluding hydrogens is 297 g/mol. The molecule has 0 aliphatic carbocycles. The van der Waals surface area contributed by atoms with Gasteiger partial charge in [-0.15, -0.1) is 0 Å². The van der Waals surface area contributed by atoms with Gasteiger partial charge >= 0.3 is 0 Å². The number of nitrogens with zero attached hydrogens (tertiary/aromatic N) is 2. The number of anilines is 1. The average Bonchev–Trinajstić information content (AvgIpc) is 2.44. The lowest BCUT2D eigenvalue weighted by Gasteiger charge is -2.39. The molecule has 1 amide bonds. The van der Waals surface area contributed by atoms with Gasteiger partial charge in [0.1, 0.15) is 0 Å². The molecule has 6 heteroatoms. The van der Waals surface area contributed by atoms with Crippen LogP contribution in [0.4, 0.5) is 5.69 Å². The number of piperazine rings is 1. The van der Waals surface area contributed by atoms with E-state index in [9.17, 15) is 4.79 Å². The minimum atomic E-state index is -0.0413. The number of nitrogens with two attached hydrogens (primary N) is 1. The van der Waals surface area contributed by atoms with Crippen LogP contribution >= 0.6 is 23.2 Å². The summed E-state index contributed by atoms with van der Waals surface area (Å²) in [5.41, 5.74) is 6.50. The van der Waals surface area contributed by atoms with E-state index in [2.05, 4.69) is 18.9 Å². The second kappa shape index (κ2) is 6.20. The predicted molar refractivity (Wildman–Crippen MR) is 83.5 cm³/mol. The Labute approximate surface area is 129 Å². The quantitative estimate of drug-likeness (QED) is 0.854. The highest BCUT2D eigenvalue weighted by Gasteiger charge is 2.27. The SMILES string of the molecule is CCC1CN(C(=O)c2cc(Cl)c(N)c(Cl)c2)CCN1C. The molecule has 1 aliphatic rings. The Balaban J connectivity index is 2.19. The van der Waals surface area contributed by atoms with Crippen LogP contribution in [0.2, 0.25) is 10.0 Å². The summed E-state index contributed by atoms with van der Waals surface area (Å²) in [4.78, 5) is 16.7. The van der Waals surface area contributed by atoms with E-state index in [0.29, 0.717) is 33.9 Å². The molecule has 1 aliphatic heterocycles. The van der Waals surface area contributed by atoms with Gasteiger partial charge in [0.25, 0.3) is 5.91 Å². The molecule has 2 rings (SSSR count). The Bertz CT molecular complexity index is 498. The van der Waals surface area contributed by atoms with Gasteiger partial charge in [0.05, 0.1) is 15.7 Å². The first kappa shape index (κ1) is 15.4. The van der Waals surface area contributed by atoms with Gasteiger partial charge in [-0.3, -0.25) is 9.69 Å². The van der Waals surface area contributed by atoms with Crippen LogP contribution in [0.25, 0.3) is 0 Å². The minimum absolute atomic E-state index is 0.0413. The number of amides is 1. The fraction of sp³-hybridized carbons (Fsp3) is 0.500. The Kier molecular flexibility index (Phi) is 4.78. The van der Waals surface area contributed by atoms with E-state index < -0.39 is 0 Å². The summed E-state index contributed by atoms with van der Waals surface area (Å²) in [6, 6.07) is 3.57. The van der Waals surface area contributed by atoms with Gasteiger partial charge < -0.3 is 10.6 Å². The number of carbonyl (C=O) groups excluding carboxylic acids is 1. The highest BCUT2D eigenvalue weighted by Crippen LogP contribution is 2.29. The minimum Gasteiger partial charge on any atom is -0.396 e.